The molecule has 2 aliphatic heterocycles. The number of aliphatic hydroxyl groups is 2. The van der Waals surface area contributed by atoms with Crippen molar-refractivity contribution in [1.82, 2.24) is 0 Å². The summed E-state index contributed by atoms with van der Waals surface area (Å²) < 4.78 is 0. The van der Waals surface area contributed by atoms with E-state index < -0.39 is 12.1 Å². The van der Waals surface area contributed by atoms with Gasteiger partial charge in [-0.1, -0.05) is 127 Å². The molecule has 1 saturated carbocycles. The number of rotatable bonds is 12. The number of carboxylic acid groups (broad SMARTS) is 1. The zero-order valence-electron chi connectivity index (χ0n) is 28.5. The summed E-state index contributed by atoms with van der Waals surface area (Å²) in [5.74, 6) is 3.20. The molecule has 262 valence electrons. The summed E-state index contributed by atoms with van der Waals surface area (Å²) in [5.41, 5.74) is 11.1. The van der Waals surface area contributed by atoms with Crippen LogP contribution in [0, 0.1) is 41.4 Å². The second-order valence-corrected chi connectivity index (χ2v) is 17.2. The molecule has 1 fully saturated rings. The van der Waals surface area contributed by atoms with Gasteiger partial charge in [-0.05, 0) is 109 Å². The molecule has 48 heavy (non-hydrogen) atoms. The van der Waals surface area contributed by atoms with Gasteiger partial charge in [-0.3, -0.25) is 4.79 Å². The first kappa shape index (κ1) is 37.2. The van der Waals surface area contributed by atoms with Crippen LogP contribution >= 0.6 is 21.6 Å². The van der Waals surface area contributed by atoms with Gasteiger partial charge in [-0.25, -0.2) is 0 Å². The molecular formula is C41H57NO4S2. The Balaban J connectivity index is 1.46. The van der Waals surface area contributed by atoms with Gasteiger partial charge in [-0.2, -0.15) is 0 Å². The Morgan fingerprint density at radius 1 is 0.938 bits per heavy atom. The van der Waals surface area contributed by atoms with Crippen LogP contribution in [0.1, 0.15) is 86.5 Å². The van der Waals surface area contributed by atoms with Crippen LogP contribution in [-0.4, -0.2) is 39.7 Å². The molecule has 0 saturated heterocycles. The van der Waals surface area contributed by atoms with Crippen LogP contribution in [0.15, 0.2) is 72.8 Å². The Hall–Kier alpha value is -2.03. The summed E-state index contributed by atoms with van der Waals surface area (Å²) >= 11 is 0. The highest BCUT2D eigenvalue weighted by atomic mass is 33.1. The Bertz CT molecular complexity index is 1340. The van der Waals surface area contributed by atoms with E-state index >= 15 is 0 Å². The van der Waals surface area contributed by atoms with E-state index in [-0.39, 0.29) is 36.7 Å². The predicted octanol–water partition coefficient (Wildman–Crippen LogP) is 8.62. The molecule has 0 spiro atoms. The van der Waals surface area contributed by atoms with E-state index in [0.29, 0.717) is 24.3 Å². The van der Waals surface area contributed by atoms with E-state index in [1.165, 1.54) is 48.8 Å². The number of hydrogen-bond donors (Lipinski definition) is 4. The van der Waals surface area contributed by atoms with E-state index in [9.17, 15) is 20.1 Å². The molecule has 2 aliphatic carbocycles. The van der Waals surface area contributed by atoms with Gasteiger partial charge >= 0.3 is 5.97 Å². The van der Waals surface area contributed by atoms with Gasteiger partial charge in [0.05, 0.1) is 12.7 Å². The minimum absolute atomic E-state index is 0.0345. The van der Waals surface area contributed by atoms with Crippen molar-refractivity contribution in [2.75, 3.05) is 12.3 Å². The molecule has 0 unspecified atom stereocenters. The smallest absolute Gasteiger partial charge is 0.303 e. The van der Waals surface area contributed by atoms with Gasteiger partial charge in [0.25, 0.3) is 0 Å². The van der Waals surface area contributed by atoms with Gasteiger partial charge in [0.2, 0.25) is 0 Å². The molecule has 0 amide bonds. The van der Waals surface area contributed by atoms with Crippen LogP contribution < -0.4 is 5.73 Å². The number of fused-ring (bicyclic) bond motifs is 7. The van der Waals surface area contributed by atoms with E-state index in [1.54, 1.807) is 0 Å². The largest absolute Gasteiger partial charge is 0.481 e. The molecular weight excluding hydrogens is 635 g/mol. The average molecular weight is 692 g/mol. The van der Waals surface area contributed by atoms with Crippen molar-refractivity contribution in [3.8, 4) is 0 Å². The summed E-state index contributed by atoms with van der Waals surface area (Å²) in [4.78, 5) is 12.3. The van der Waals surface area contributed by atoms with E-state index in [0.717, 1.165) is 55.6 Å². The molecule has 5 N–H and O–H groups in total. The van der Waals surface area contributed by atoms with Gasteiger partial charge in [0.15, 0.2) is 0 Å². The van der Waals surface area contributed by atoms with Crippen LogP contribution in [0.4, 0.5) is 0 Å². The summed E-state index contributed by atoms with van der Waals surface area (Å²) in [7, 11) is 3.89. The van der Waals surface area contributed by atoms with Crippen molar-refractivity contribution in [3.63, 3.8) is 0 Å². The van der Waals surface area contributed by atoms with Crippen LogP contribution in [0.2, 0.25) is 0 Å². The maximum Gasteiger partial charge on any atom is 0.303 e. The predicted molar refractivity (Wildman–Crippen MR) is 202 cm³/mol. The molecule has 0 aromatic heterocycles. The fourth-order valence-corrected chi connectivity index (χ4v) is 11.4. The molecule has 2 bridgehead atoms. The standard InChI is InChI=1S/C41H57NO4S2/c42-19-18-39-34-16-17-35(40(39)25-41(45)46)23-32-12-4-5-13-36(32)27-47-48-28-37(21-30-10-6-11-31(20-30)26-43)33(24-34)14-7-15-38(44)22-29-8-2-1-3-9-29/h4-7,10-13,15-17,20,29,33-35,37-40,43-44H,1-3,8-9,14,18-19,21-28,42H2,(H,45,46)/t33-,34+,35-,37+,38+,39+,40+/m1/s1. The van der Waals surface area contributed by atoms with Crippen molar-refractivity contribution < 1.29 is 20.1 Å². The van der Waals surface area contributed by atoms with Crippen molar-refractivity contribution in [2.45, 2.75) is 95.5 Å². The Morgan fingerprint density at radius 2 is 1.71 bits per heavy atom. The third-order valence-electron chi connectivity index (χ3n) is 11.3. The van der Waals surface area contributed by atoms with Gasteiger partial charge in [0.1, 0.15) is 0 Å². The van der Waals surface area contributed by atoms with Crippen LogP contribution in [0.5, 0.6) is 0 Å². The lowest BCUT2D eigenvalue weighted by molar-refractivity contribution is -0.139. The summed E-state index contributed by atoms with van der Waals surface area (Å²) in [6.07, 6.45) is 20.5. The van der Waals surface area contributed by atoms with Gasteiger partial charge < -0.3 is 21.1 Å². The molecule has 5 nitrogen and oxygen atoms in total. The maximum absolute atomic E-state index is 12.3. The first-order chi connectivity index (χ1) is 23.4. The molecule has 7 atom stereocenters. The number of carboxylic acids is 1. The molecule has 7 heteroatoms. The van der Waals surface area contributed by atoms with E-state index in [2.05, 4.69) is 66.8 Å². The van der Waals surface area contributed by atoms with E-state index in [1.807, 2.05) is 27.7 Å². The second kappa shape index (κ2) is 19.4. The number of allylic oxidation sites excluding steroid dienone is 3. The highest BCUT2D eigenvalue weighted by Gasteiger charge is 2.39. The second-order valence-electron chi connectivity index (χ2n) is 14.6. The first-order valence-electron chi connectivity index (χ1n) is 18.4. The molecule has 4 aliphatic rings. The highest BCUT2D eigenvalue weighted by molar-refractivity contribution is 8.76. The Kier molecular flexibility index (Phi) is 15.0. The minimum Gasteiger partial charge on any atom is -0.481 e. The topological polar surface area (TPSA) is 104 Å². The number of carbonyl (C=O) groups is 1. The number of hydrogen-bond acceptors (Lipinski definition) is 6. The lowest BCUT2D eigenvalue weighted by Crippen LogP contribution is -2.37. The number of aliphatic hydroxyl groups excluding tert-OH is 2. The lowest BCUT2D eigenvalue weighted by atomic mass is 9.63. The molecule has 2 aromatic rings. The van der Waals surface area contributed by atoms with E-state index in [4.69, 9.17) is 5.73 Å². The van der Waals surface area contributed by atoms with Crippen LogP contribution in [0.25, 0.3) is 0 Å². The maximum atomic E-state index is 12.3. The number of nitrogens with two attached hydrogens (primary N) is 1. The quantitative estimate of drug-likeness (QED) is 0.131. The van der Waals surface area contributed by atoms with Gasteiger partial charge in [-0.15, -0.1) is 0 Å². The van der Waals surface area contributed by atoms with Crippen molar-refractivity contribution >= 4 is 27.6 Å². The number of benzene rings is 2. The lowest BCUT2D eigenvalue weighted by Gasteiger charge is -2.42. The summed E-state index contributed by atoms with van der Waals surface area (Å²) in [5, 5.41) is 31.0. The highest BCUT2D eigenvalue weighted by Crippen LogP contribution is 2.46. The molecule has 0 radical (unpaired) electrons. The fourth-order valence-electron chi connectivity index (χ4n) is 8.80. The molecule has 6 rings (SSSR count). The van der Waals surface area contributed by atoms with Crippen LogP contribution in [-0.2, 0) is 30.0 Å². The Labute approximate surface area is 296 Å². The minimum atomic E-state index is -0.726. The summed E-state index contributed by atoms with van der Waals surface area (Å²) in [6, 6.07) is 17.1. The average Bonchev–Trinajstić information content (AvgIpc) is 3.08. The molecule has 2 heterocycles. The molecule has 2 aromatic carbocycles. The third-order valence-corrected chi connectivity index (χ3v) is 13.8. The number of aliphatic carboxylic acids is 1. The van der Waals surface area contributed by atoms with Crippen LogP contribution in [0.3, 0.4) is 0 Å². The fraction of sp³-hybridized carbons (Fsp3) is 0.585. The SMILES string of the molecule is NCC[C@@H]1[C@@H](CC(=O)O)[C@@H]2C=C[C@H]1C[C@@H](CC=C[C@H](O)CC1CCCCC1)[C@@H](Cc1cccc(CO)c1)CSSCc1ccccc1C2. The van der Waals surface area contributed by atoms with Gasteiger partial charge in [0, 0.05) is 17.9 Å². The third kappa shape index (κ3) is 11.0. The van der Waals surface area contributed by atoms with Crippen molar-refractivity contribution in [1.29, 1.82) is 0 Å². The first-order valence-corrected chi connectivity index (χ1v) is 20.9. The normalized spacial score (nSPS) is 27.8. The van der Waals surface area contributed by atoms with Crippen molar-refractivity contribution in [3.05, 3.63) is 95.1 Å². The zero-order chi connectivity index (χ0) is 33.7. The summed E-state index contributed by atoms with van der Waals surface area (Å²) in [6.45, 7) is 0.587. The monoisotopic (exact) mass is 691 g/mol. The van der Waals surface area contributed by atoms with Crippen molar-refractivity contribution in [2.24, 2.45) is 47.2 Å². The zero-order valence-corrected chi connectivity index (χ0v) is 30.1. The Morgan fingerprint density at radius 3 is 2.48 bits per heavy atom.